The molecule has 1 aliphatic heterocycles. The van der Waals surface area contributed by atoms with Gasteiger partial charge in [0.1, 0.15) is 5.75 Å². The topological polar surface area (TPSA) is 66.3 Å². The van der Waals surface area contributed by atoms with Crippen molar-refractivity contribution in [3.8, 4) is 5.75 Å². The molecule has 6 heteroatoms. The van der Waals surface area contributed by atoms with Crippen LogP contribution in [0.4, 0.5) is 0 Å². The maximum Gasteiger partial charge on any atom is 0.194 e. The van der Waals surface area contributed by atoms with E-state index in [4.69, 9.17) is 14.5 Å². The highest BCUT2D eigenvalue weighted by atomic mass is 16.5. The molecule has 1 fully saturated rings. The number of hydrogen-bond acceptors (Lipinski definition) is 4. The predicted molar refractivity (Wildman–Crippen MR) is 100.0 cm³/mol. The minimum atomic E-state index is 0.282. The summed E-state index contributed by atoms with van der Waals surface area (Å²) < 4.78 is 11.0. The molecule has 0 atom stereocenters. The van der Waals surface area contributed by atoms with E-state index in [9.17, 15) is 5.11 Å². The lowest BCUT2D eigenvalue weighted by atomic mass is 10.1. The van der Waals surface area contributed by atoms with E-state index in [0.717, 1.165) is 63.6 Å². The number of likely N-dealkylation sites (tertiary alicyclic amines) is 1. The van der Waals surface area contributed by atoms with Gasteiger partial charge in [0.15, 0.2) is 5.96 Å². The summed E-state index contributed by atoms with van der Waals surface area (Å²) in [6.07, 6.45) is 3.32. The predicted octanol–water partition coefficient (Wildman–Crippen LogP) is 2.38. The molecule has 0 radical (unpaired) electrons. The summed E-state index contributed by atoms with van der Waals surface area (Å²) in [5, 5.41) is 12.9. The minimum Gasteiger partial charge on any atom is -0.508 e. The van der Waals surface area contributed by atoms with Gasteiger partial charge in [-0.25, -0.2) is 4.99 Å². The third-order valence-corrected chi connectivity index (χ3v) is 4.24. The summed E-state index contributed by atoms with van der Waals surface area (Å²) in [6.45, 7) is 6.89. The van der Waals surface area contributed by atoms with Crippen LogP contribution in [-0.2, 0) is 16.0 Å². The summed E-state index contributed by atoms with van der Waals surface area (Å²) in [5.41, 5.74) is 1.01. The lowest BCUT2D eigenvalue weighted by molar-refractivity contribution is 0.00990. The molecule has 0 amide bonds. The lowest BCUT2D eigenvalue weighted by Crippen LogP contribution is -2.47. The first kappa shape index (κ1) is 19.5. The quantitative estimate of drug-likeness (QED) is 0.428. The van der Waals surface area contributed by atoms with Crippen LogP contribution in [0.3, 0.4) is 0 Å². The summed E-state index contributed by atoms with van der Waals surface area (Å²) in [4.78, 5) is 7.02. The van der Waals surface area contributed by atoms with Crippen molar-refractivity contribution in [2.75, 3.05) is 40.0 Å². The molecule has 2 N–H and O–H groups in total. The Bertz CT molecular complexity index is 528. The van der Waals surface area contributed by atoms with Gasteiger partial charge in [0, 0.05) is 40.0 Å². The van der Waals surface area contributed by atoms with E-state index in [1.165, 1.54) is 0 Å². The SMILES string of the molecule is CCNC(=NCc1cccc(O)c1)N1CCC(OCCCOC)CC1. The van der Waals surface area contributed by atoms with Crippen LogP contribution in [0.1, 0.15) is 31.7 Å². The van der Waals surface area contributed by atoms with Gasteiger partial charge in [-0.1, -0.05) is 12.1 Å². The second-order valence-corrected chi connectivity index (χ2v) is 6.24. The molecule has 0 aliphatic carbocycles. The number of guanidine groups is 1. The van der Waals surface area contributed by atoms with Gasteiger partial charge in [0.2, 0.25) is 0 Å². The maximum atomic E-state index is 9.57. The van der Waals surface area contributed by atoms with E-state index in [1.807, 2.05) is 12.1 Å². The second-order valence-electron chi connectivity index (χ2n) is 6.24. The zero-order chi connectivity index (χ0) is 17.9. The van der Waals surface area contributed by atoms with E-state index < -0.39 is 0 Å². The molecular formula is C19H31N3O3. The van der Waals surface area contributed by atoms with Gasteiger partial charge in [-0.05, 0) is 43.9 Å². The number of aliphatic imine (C=N–C) groups is 1. The van der Waals surface area contributed by atoms with Gasteiger partial charge in [-0.15, -0.1) is 0 Å². The van der Waals surface area contributed by atoms with E-state index in [-0.39, 0.29) is 5.75 Å². The standard InChI is InChI=1S/C19H31N3O3/c1-3-20-19(21-15-16-6-4-7-17(23)14-16)22-10-8-18(9-11-22)25-13-5-12-24-2/h4,6-7,14,18,23H,3,5,8-13,15H2,1-2H3,(H,20,21). The Labute approximate surface area is 150 Å². The van der Waals surface area contributed by atoms with Crippen molar-refractivity contribution in [2.24, 2.45) is 4.99 Å². The lowest BCUT2D eigenvalue weighted by Gasteiger charge is -2.34. The Kier molecular flexibility index (Phi) is 8.55. The van der Waals surface area contributed by atoms with Gasteiger partial charge >= 0.3 is 0 Å². The molecule has 6 nitrogen and oxygen atoms in total. The van der Waals surface area contributed by atoms with E-state index in [0.29, 0.717) is 12.6 Å². The molecule has 0 bridgehead atoms. The molecular weight excluding hydrogens is 318 g/mol. The van der Waals surface area contributed by atoms with Gasteiger partial charge in [0.25, 0.3) is 0 Å². The minimum absolute atomic E-state index is 0.282. The number of phenols is 1. The molecule has 0 unspecified atom stereocenters. The van der Waals surface area contributed by atoms with Gasteiger partial charge in [0.05, 0.1) is 12.6 Å². The number of phenolic OH excluding ortho intramolecular Hbond substituents is 1. The number of methoxy groups -OCH3 is 1. The molecule has 1 aromatic carbocycles. The first-order valence-corrected chi connectivity index (χ1v) is 9.14. The molecule has 1 aromatic rings. The molecule has 25 heavy (non-hydrogen) atoms. The van der Waals surface area contributed by atoms with E-state index >= 15 is 0 Å². The summed E-state index contributed by atoms with van der Waals surface area (Å²) in [6, 6.07) is 7.26. The van der Waals surface area contributed by atoms with Crippen LogP contribution >= 0.6 is 0 Å². The Morgan fingerprint density at radius 3 is 2.80 bits per heavy atom. The van der Waals surface area contributed by atoms with Crippen molar-refractivity contribution in [3.63, 3.8) is 0 Å². The van der Waals surface area contributed by atoms with Crippen molar-refractivity contribution >= 4 is 5.96 Å². The summed E-state index contributed by atoms with van der Waals surface area (Å²) in [7, 11) is 1.72. The fourth-order valence-corrected chi connectivity index (χ4v) is 2.93. The van der Waals surface area contributed by atoms with Crippen LogP contribution in [0.15, 0.2) is 29.3 Å². The fourth-order valence-electron chi connectivity index (χ4n) is 2.93. The van der Waals surface area contributed by atoms with Gasteiger partial charge < -0.3 is 24.8 Å². The number of nitrogens with one attached hydrogen (secondary N) is 1. The largest absolute Gasteiger partial charge is 0.508 e. The average Bonchev–Trinajstić information content (AvgIpc) is 2.63. The highest BCUT2D eigenvalue weighted by molar-refractivity contribution is 5.80. The van der Waals surface area contributed by atoms with Crippen LogP contribution < -0.4 is 5.32 Å². The third kappa shape index (κ3) is 6.92. The Morgan fingerprint density at radius 1 is 1.32 bits per heavy atom. The number of piperidine rings is 1. The Balaban J connectivity index is 1.83. The van der Waals surface area contributed by atoms with Crippen LogP contribution in [0.25, 0.3) is 0 Å². The van der Waals surface area contributed by atoms with Crippen LogP contribution in [0, 0.1) is 0 Å². The highest BCUT2D eigenvalue weighted by Gasteiger charge is 2.21. The highest BCUT2D eigenvalue weighted by Crippen LogP contribution is 2.15. The summed E-state index contributed by atoms with van der Waals surface area (Å²) >= 11 is 0. The molecule has 1 saturated heterocycles. The maximum absolute atomic E-state index is 9.57. The molecule has 1 aliphatic rings. The van der Waals surface area contributed by atoms with Crippen LogP contribution in [-0.4, -0.2) is 62.0 Å². The van der Waals surface area contributed by atoms with Crippen molar-refractivity contribution < 1.29 is 14.6 Å². The van der Waals surface area contributed by atoms with Crippen LogP contribution in [0.2, 0.25) is 0 Å². The number of ether oxygens (including phenoxy) is 2. The number of rotatable bonds is 8. The fraction of sp³-hybridized carbons (Fsp3) is 0.632. The monoisotopic (exact) mass is 349 g/mol. The number of hydrogen-bond donors (Lipinski definition) is 2. The molecule has 0 saturated carbocycles. The van der Waals surface area contributed by atoms with Crippen molar-refractivity contribution in [1.82, 2.24) is 10.2 Å². The average molecular weight is 349 g/mol. The zero-order valence-electron chi connectivity index (χ0n) is 15.4. The zero-order valence-corrected chi connectivity index (χ0v) is 15.4. The first-order valence-electron chi connectivity index (χ1n) is 9.14. The van der Waals surface area contributed by atoms with Crippen molar-refractivity contribution in [3.05, 3.63) is 29.8 Å². The molecule has 0 aromatic heterocycles. The van der Waals surface area contributed by atoms with Gasteiger partial charge in [-0.2, -0.15) is 0 Å². The van der Waals surface area contributed by atoms with Crippen LogP contribution in [0.5, 0.6) is 5.75 Å². The molecule has 1 heterocycles. The first-order chi connectivity index (χ1) is 12.2. The third-order valence-electron chi connectivity index (χ3n) is 4.24. The normalized spacial score (nSPS) is 16.2. The smallest absolute Gasteiger partial charge is 0.194 e. The Morgan fingerprint density at radius 2 is 2.12 bits per heavy atom. The van der Waals surface area contributed by atoms with E-state index in [1.54, 1.807) is 19.2 Å². The van der Waals surface area contributed by atoms with Crippen molar-refractivity contribution in [2.45, 2.75) is 38.8 Å². The molecule has 2 rings (SSSR count). The summed E-state index contributed by atoms with van der Waals surface area (Å²) in [5.74, 6) is 1.22. The molecule has 0 spiro atoms. The number of benzene rings is 1. The van der Waals surface area contributed by atoms with Crippen molar-refractivity contribution in [1.29, 1.82) is 0 Å². The Hall–Kier alpha value is -1.79. The second kappa shape index (κ2) is 10.9. The number of aromatic hydroxyl groups is 1. The van der Waals surface area contributed by atoms with E-state index in [2.05, 4.69) is 17.1 Å². The number of nitrogens with zero attached hydrogens (tertiary/aromatic N) is 2. The van der Waals surface area contributed by atoms with Gasteiger partial charge in [-0.3, -0.25) is 0 Å². The molecule has 140 valence electrons.